The third kappa shape index (κ3) is 2.07. The van der Waals surface area contributed by atoms with E-state index in [1.54, 1.807) is 6.92 Å². The van der Waals surface area contributed by atoms with Crippen LogP contribution in [0.4, 0.5) is 0 Å². The largest absolute Gasteiger partial charge is 0.299 e. The number of ketones is 1. The highest BCUT2D eigenvalue weighted by atomic mass is 35.5. The third-order valence-electron chi connectivity index (χ3n) is 3.37. The molecule has 0 aliphatic heterocycles. The number of aryl methyl sites for hydroxylation is 1. The van der Waals surface area contributed by atoms with E-state index in [9.17, 15) is 4.79 Å². The summed E-state index contributed by atoms with van der Waals surface area (Å²) in [6.45, 7) is 3.70. The summed E-state index contributed by atoms with van der Waals surface area (Å²) in [4.78, 5) is 11.5. The zero-order valence-corrected chi connectivity index (χ0v) is 9.90. The number of carbonyl (C=O) groups excluding carboxylic acids is 1. The van der Waals surface area contributed by atoms with E-state index in [-0.39, 0.29) is 5.41 Å². The fourth-order valence-corrected chi connectivity index (χ4v) is 2.13. The molecule has 1 nitrogen and oxygen atoms in total. The Morgan fingerprint density at radius 2 is 2.13 bits per heavy atom. The molecule has 0 saturated heterocycles. The molecular weight excluding hydrogens is 208 g/mol. The lowest BCUT2D eigenvalue weighted by Gasteiger charge is -2.11. The average molecular weight is 223 g/mol. The minimum absolute atomic E-state index is 0.0414. The first kappa shape index (κ1) is 10.7. The van der Waals surface area contributed by atoms with Crippen LogP contribution in [0.1, 0.15) is 30.9 Å². The Bertz CT molecular complexity index is 405. The van der Waals surface area contributed by atoms with Crippen molar-refractivity contribution in [1.82, 2.24) is 0 Å². The highest BCUT2D eigenvalue weighted by molar-refractivity contribution is 6.31. The molecule has 80 valence electrons. The number of rotatable bonds is 3. The molecule has 2 rings (SSSR count). The van der Waals surface area contributed by atoms with Crippen LogP contribution in [-0.4, -0.2) is 5.78 Å². The topological polar surface area (TPSA) is 17.1 Å². The highest BCUT2D eigenvalue weighted by Crippen LogP contribution is 2.49. The van der Waals surface area contributed by atoms with Gasteiger partial charge in [-0.1, -0.05) is 23.7 Å². The Balaban J connectivity index is 2.18. The molecule has 0 aromatic heterocycles. The summed E-state index contributed by atoms with van der Waals surface area (Å²) in [7, 11) is 0. The van der Waals surface area contributed by atoms with Gasteiger partial charge in [-0.05, 0) is 50.3 Å². The Morgan fingerprint density at radius 3 is 2.60 bits per heavy atom. The van der Waals surface area contributed by atoms with Crippen LogP contribution >= 0.6 is 11.6 Å². The molecule has 1 aliphatic rings. The summed E-state index contributed by atoms with van der Waals surface area (Å²) in [6.07, 6.45) is 2.97. The smallest absolute Gasteiger partial charge is 0.136 e. The first-order chi connectivity index (χ1) is 7.03. The molecule has 1 aromatic carbocycles. The third-order valence-corrected chi connectivity index (χ3v) is 3.79. The molecule has 1 aliphatic carbocycles. The molecule has 1 fully saturated rings. The standard InChI is InChI=1S/C13H15ClO/c1-9-7-11(3-4-12(9)14)8-13(5-6-13)10(2)15/h3-4,7H,5-6,8H2,1-2H3. The van der Waals surface area contributed by atoms with E-state index in [1.807, 2.05) is 19.1 Å². The van der Waals surface area contributed by atoms with Crippen LogP contribution in [-0.2, 0) is 11.2 Å². The Labute approximate surface area is 95.4 Å². The lowest BCUT2D eigenvalue weighted by atomic mass is 9.92. The van der Waals surface area contributed by atoms with Crippen LogP contribution in [0.15, 0.2) is 18.2 Å². The molecule has 1 aromatic rings. The van der Waals surface area contributed by atoms with E-state index in [0.717, 1.165) is 29.8 Å². The molecule has 0 atom stereocenters. The summed E-state index contributed by atoms with van der Waals surface area (Å²) in [6, 6.07) is 6.03. The number of benzene rings is 1. The van der Waals surface area contributed by atoms with Gasteiger partial charge in [0.15, 0.2) is 0 Å². The van der Waals surface area contributed by atoms with E-state index in [1.165, 1.54) is 5.56 Å². The fraction of sp³-hybridized carbons (Fsp3) is 0.462. The normalized spacial score (nSPS) is 17.5. The van der Waals surface area contributed by atoms with Gasteiger partial charge in [0.25, 0.3) is 0 Å². The molecule has 0 radical (unpaired) electrons. The van der Waals surface area contributed by atoms with Gasteiger partial charge in [0, 0.05) is 10.4 Å². The second kappa shape index (κ2) is 3.64. The summed E-state index contributed by atoms with van der Waals surface area (Å²) in [5.74, 6) is 0.329. The molecule has 0 heterocycles. The summed E-state index contributed by atoms with van der Waals surface area (Å²) >= 11 is 5.96. The Morgan fingerprint density at radius 1 is 1.47 bits per heavy atom. The van der Waals surface area contributed by atoms with Crippen molar-refractivity contribution in [3.63, 3.8) is 0 Å². The molecule has 0 amide bonds. The van der Waals surface area contributed by atoms with Gasteiger partial charge in [0.1, 0.15) is 5.78 Å². The van der Waals surface area contributed by atoms with Gasteiger partial charge >= 0.3 is 0 Å². The maximum atomic E-state index is 11.5. The first-order valence-corrected chi connectivity index (χ1v) is 5.67. The monoisotopic (exact) mass is 222 g/mol. The van der Waals surface area contributed by atoms with E-state index < -0.39 is 0 Å². The van der Waals surface area contributed by atoms with Crippen molar-refractivity contribution in [2.24, 2.45) is 5.41 Å². The van der Waals surface area contributed by atoms with Crippen molar-refractivity contribution in [3.05, 3.63) is 34.3 Å². The first-order valence-electron chi connectivity index (χ1n) is 5.30. The number of halogens is 1. The average Bonchev–Trinajstić information content (AvgIpc) is 2.93. The second-order valence-electron chi connectivity index (χ2n) is 4.60. The van der Waals surface area contributed by atoms with Crippen LogP contribution in [0.2, 0.25) is 5.02 Å². The summed E-state index contributed by atoms with van der Waals surface area (Å²) < 4.78 is 0. The SMILES string of the molecule is CC(=O)C1(Cc2ccc(Cl)c(C)c2)CC1. The number of hydrogen-bond donors (Lipinski definition) is 0. The molecule has 15 heavy (non-hydrogen) atoms. The molecule has 0 spiro atoms. The molecular formula is C13H15ClO. The predicted octanol–water partition coefficient (Wildman–Crippen LogP) is 3.56. The molecule has 0 N–H and O–H groups in total. The number of Topliss-reactive ketones (excluding diaryl/α,β-unsaturated/α-hetero) is 1. The summed E-state index contributed by atoms with van der Waals surface area (Å²) in [5, 5.41) is 0.798. The number of hydrogen-bond acceptors (Lipinski definition) is 1. The minimum atomic E-state index is -0.0414. The fourth-order valence-electron chi connectivity index (χ4n) is 2.01. The highest BCUT2D eigenvalue weighted by Gasteiger charge is 2.46. The predicted molar refractivity (Wildman–Crippen MR) is 62.2 cm³/mol. The Hall–Kier alpha value is -0.820. The second-order valence-corrected chi connectivity index (χ2v) is 5.00. The molecule has 1 saturated carbocycles. The van der Waals surface area contributed by atoms with Gasteiger partial charge in [-0.15, -0.1) is 0 Å². The van der Waals surface area contributed by atoms with Crippen molar-refractivity contribution in [1.29, 1.82) is 0 Å². The van der Waals surface area contributed by atoms with Gasteiger partial charge in [-0.2, -0.15) is 0 Å². The van der Waals surface area contributed by atoms with Gasteiger partial charge in [0.2, 0.25) is 0 Å². The zero-order chi connectivity index (χ0) is 11.1. The summed E-state index contributed by atoms with van der Waals surface area (Å²) in [5.41, 5.74) is 2.28. The van der Waals surface area contributed by atoms with Gasteiger partial charge in [-0.25, -0.2) is 0 Å². The van der Waals surface area contributed by atoms with E-state index in [2.05, 4.69) is 6.07 Å². The zero-order valence-electron chi connectivity index (χ0n) is 9.14. The van der Waals surface area contributed by atoms with Crippen molar-refractivity contribution in [3.8, 4) is 0 Å². The maximum absolute atomic E-state index is 11.5. The van der Waals surface area contributed by atoms with Crippen molar-refractivity contribution >= 4 is 17.4 Å². The minimum Gasteiger partial charge on any atom is -0.299 e. The quantitative estimate of drug-likeness (QED) is 0.764. The van der Waals surface area contributed by atoms with Gasteiger partial charge in [0.05, 0.1) is 0 Å². The molecule has 2 heteroatoms. The van der Waals surface area contributed by atoms with Crippen LogP contribution in [0.5, 0.6) is 0 Å². The Kier molecular flexibility index (Phi) is 2.59. The lowest BCUT2D eigenvalue weighted by Crippen LogP contribution is -2.14. The van der Waals surface area contributed by atoms with E-state index in [0.29, 0.717) is 5.78 Å². The van der Waals surface area contributed by atoms with Crippen LogP contribution in [0.25, 0.3) is 0 Å². The van der Waals surface area contributed by atoms with Crippen molar-refractivity contribution in [2.75, 3.05) is 0 Å². The van der Waals surface area contributed by atoms with Crippen LogP contribution < -0.4 is 0 Å². The van der Waals surface area contributed by atoms with Crippen molar-refractivity contribution < 1.29 is 4.79 Å². The molecule has 0 bridgehead atoms. The molecule has 0 unspecified atom stereocenters. The van der Waals surface area contributed by atoms with E-state index >= 15 is 0 Å². The maximum Gasteiger partial charge on any atom is 0.136 e. The number of carbonyl (C=O) groups is 1. The van der Waals surface area contributed by atoms with Crippen LogP contribution in [0, 0.1) is 12.3 Å². The van der Waals surface area contributed by atoms with Gasteiger partial charge in [-0.3, -0.25) is 4.79 Å². The van der Waals surface area contributed by atoms with Crippen LogP contribution in [0.3, 0.4) is 0 Å². The van der Waals surface area contributed by atoms with Crippen molar-refractivity contribution in [2.45, 2.75) is 33.1 Å². The lowest BCUT2D eigenvalue weighted by molar-refractivity contribution is -0.121. The van der Waals surface area contributed by atoms with E-state index in [4.69, 9.17) is 11.6 Å². The van der Waals surface area contributed by atoms with Gasteiger partial charge < -0.3 is 0 Å².